The number of aromatic nitrogens is 1. The van der Waals surface area contributed by atoms with Crippen molar-refractivity contribution in [2.45, 2.75) is 12.5 Å². The third-order valence-electron chi connectivity index (χ3n) is 2.52. The first kappa shape index (κ1) is 16.8. The lowest BCUT2D eigenvalue weighted by molar-refractivity contribution is -0.274. The van der Waals surface area contributed by atoms with Crippen molar-refractivity contribution in [3.63, 3.8) is 0 Å². The van der Waals surface area contributed by atoms with Crippen molar-refractivity contribution >= 4 is 22.6 Å². The van der Waals surface area contributed by atoms with Crippen LogP contribution in [0.2, 0.25) is 0 Å². The van der Waals surface area contributed by atoms with Crippen molar-refractivity contribution in [3.8, 4) is 16.9 Å². The number of pyridine rings is 1. The van der Waals surface area contributed by atoms with Crippen molar-refractivity contribution in [1.29, 1.82) is 0 Å². The van der Waals surface area contributed by atoms with Crippen molar-refractivity contribution in [2.24, 2.45) is 0 Å². The van der Waals surface area contributed by atoms with Gasteiger partial charge in [-0.2, -0.15) is 13.2 Å². The minimum atomic E-state index is -4.84. The number of ether oxygens (including phenoxy) is 1. The Kier molecular flexibility index (Phi) is 4.54. The van der Waals surface area contributed by atoms with Gasteiger partial charge in [0, 0.05) is 5.56 Å². The fourth-order valence-corrected chi connectivity index (χ4v) is 2.42. The molecule has 0 saturated carbocycles. The standard InChI is InChI=1S/C13H6F6INO/c14-12(15,16)10-5-4-9(11(20)21-10)7-2-1-3-8(6-7)22-13(17,18)19/h1-6H. The highest BCUT2D eigenvalue weighted by Crippen LogP contribution is 2.33. The molecule has 2 aromatic rings. The Labute approximate surface area is 134 Å². The summed E-state index contributed by atoms with van der Waals surface area (Å²) in [5, 5.41) is 0. The second kappa shape index (κ2) is 5.94. The third kappa shape index (κ3) is 4.24. The summed E-state index contributed by atoms with van der Waals surface area (Å²) < 4.78 is 78.0. The molecule has 0 unspecified atom stereocenters. The van der Waals surface area contributed by atoms with Crippen LogP contribution in [0, 0.1) is 3.70 Å². The number of nitrogens with zero attached hydrogens (tertiary/aromatic N) is 1. The number of rotatable bonds is 2. The fraction of sp³-hybridized carbons (Fsp3) is 0.154. The largest absolute Gasteiger partial charge is 0.573 e. The highest BCUT2D eigenvalue weighted by atomic mass is 127. The summed E-state index contributed by atoms with van der Waals surface area (Å²) in [6, 6.07) is 6.88. The maximum atomic E-state index is 12.5. The molecule has 1 heterocycles. The van der Waals surface area contributed by atoms with Gasteiger partial charge in [0.2, 0.25) is 0 Å². The first-order valence-corrected chi connectivity index (χ1v) is 6.74. The van der Waals surface area contributed by atoms with E-state index >= 15 is 0 Å². The van der Waals surface area contributed by atoms with Crippen molar-refractivity contribution in [2.75, 3.05) is 0 Å². The van der Waals surface area contributed by atoms with Gasteiger partial charge in [0.25, 0.3) is 0 Å². The van der Waals surface area contributed by atoms with E-state index in [-0.39, 0.29) is 14.8 Å². The molecule has 0 aliphatic carbocycles. The number of hydrogen-bond donors (Lipinski definition) is 0. The minimum Gasteiger partial charge on any atom is -0.406 e. The normalized spacial score (nSPS) is 12.3. The minimum absolute atomic E-state index is 0.0246. The number of alkyl halides is 6. The van der Waals surface area contributed by atoms with Gasteiger partial charge >= 0.3 is 12.5 Å². The van der Waals surface area contributed by atoms with Crippen LogP contribution in [0.5, 0.6) is 5.75 Å². The summed E-state index contributed by atoms with van der Waals surface area (Å²) >= 11 is 1.60. The lowest BCUT2D eigenvalue weighted by Gasteiger charge is -2.12. The maximum absolute atomic E-state index is 12.5. The van der Waals surface area contributed by atoms with Crippen LogP contribution in [0.1, 0.15) is 5.69 Å². The Morgan fingerprint density at radius 2 is 1.64 bits per heavy atom. The lowest BCUT2D eigenvalue weighted by atomic mass is 10.1. The Balaban J connectivity index is 2.38. The lowest BCUT2D eigenvalue weighted by Crippen LogP contribution is -2.17. The third-order valence-corrected chi connectivity index (χ3v) is 3.34. The Morgan fingerprint density at radius 3 is 2.18 bits per heavy atom. The molecule has 9 heteroatoms. The summed E-state index contributed by atoms with van der Waals surface area (Å²) in [5.74, 6) is -0.458. The van der Waals surface area contributed by atoms with E-state index < -0.39 is 24.0 Å². The van der Waals surface area contributed by atoms with Crippen LogP contribution < -0.4 is 4.74 Å². The van der Waals surface area contributed by atoms with Crippen LogP contribution in [0.3, 0.4) is 0 Å². The predicted molar refractivity (Wildman–Crippen MR) is 74.1 cm³/mol. The molecule has 118 valence electrons. The van der Waals surface area contributed by atoms with Gasteiger partial charge in [-0.25, -0.2) is 4.98 Å². The maximum Gasteiger partial charge on any atom is 0.573 e. The highest BCUT2D eigenvalue weighted by Gasteiger charge is 2.33. The molecular formula is C13H6F6INO. The Hall–Kier alpha value is -1.52. The van der Waals surface area contributed by atoms with Crippen LogP contribution in [0.25, 0.3) is 11.1 Å². The van der Waals surface area contributed by atoms with E-state index in [4.69, 9.17) is 0 Å². The van der Waals surface area contributed by atoms with Gasteiger partial charge in [-0.1, -0.05) is 12.1 Å². The van der Waals surface area contributed by atoms with E-state index in [1.807, 2.05) is 0 Å². The molecule has 2 nitrogen and oxygen atoms in total. The van der Waals surface area contributed by atoms with Crippen LogP contribution >= 0.6 is 22.6 Å². The Bertz CT molecular complexity index is 683. The van der Waals surface area contributed by atoms with Gasteiger partial charge in [-0.05, 0) is 52.4 Å². The molecule has 0 atom stereocenters. The highest BCUT2D eigenvalue weighted by molar-refractivity contribution is 14.1. The molecule has 1 aromatic heterocycles. The van der Waals surface area contributed by atoms with Crippen molar-refractivity contribution < 1.29 is 31.1 Å². The van der Waals surface area contributed by atoms with E-state index in [0.717, 1.165) is 24.3 Å². The van der Waals surface area contributed by atoms with Crippen LogP contribution in [0.15, 0.2) is 36.4 Å². The number of benzene rings is 1. The topological polar surface area (TPSA) is 22.1 Å². The summed E-state index contributed by atoms with van der Waals surface area (Å²) in [7, 11) is 0. The molecular weight excluding hydrogens is 427 g/mol. The zero-order valence-electron chi connectivity index (χ0n) is 10.5. The van der Waals surface area contributed by atoms with Gasteiger partial charge in [-0.3, -0.25) is 0 Å². The van der Waals surface area contributed by atoms with E-state index in [2.05, 4.69) is 9.72 Å². The van der Waals surface area contributed by atoms with Crippen molar-refractivity contribution in [1.82, 2.24) is 4.98 Å². The molecule has 0 aliphatic rings. The monoisotopic (exact) mass is 433 g/mol. The molecule has 2 rings (SSSR count). The van der Waals surface area contributed by atoms with E-state index in [9.17, 15) is 26.3 Å². The molecule has 0 N–H and O–H groups in total. The SMILES string of the molecule is FC(F)(F)Oc1cccc(-c2ccc(C(F)(F)F)nc2I)c1. The molecule has 0 saturated heterocycles. The van der Waals surface area contributed by atoms with Crippen molar-refractivity contribution in [3.05, 3.63) is 45.8 Å². The first-order valence-electron chi connectivity index (χ1n) is 5.66. The second-order valence-corrected chi connectivity index (χ2v) is 5.13. The van der Waals surface area contributed by atoms with Crippen LogP contribution in [-0.2, 0) is 6.18 Å². The molecule has 0 spiro atoms. The smallest absolute Gasteiger partial charge is 0.406 e. The van der Waals surface area contributed by atoms with Gasteiger partial charge < -0.3 is 4.74 Å². The zero-order valence-corrected chi connectivity index (χ0v) is 12.6. The molecule has 0 amide bonds. The fourth-order valence-electron chi connectivity index (χ4n) is 1.67. The molecule has 22 heavy (non-hydrogen) atoms. The number of halogens is 7. The molecule has 0 bridgehead atoms. The summed E-state index contributed by atoms with van der Waals surface area (Å²) in [4.78, 5) is 3.42. The average molecular weight is 433 g/mol. The second-order valence-electron chi connectivity index (χ2n) is 4.11. The summed E-state index contributed by atoms with van der Waals surface area (Å²) in [6.45, 7) is 0. The van der Waals surface area contributed by atoms with E-state index in [1.54, 1.807) is 22.6 Å². The predicted octanol–water partition coefficient (Wildman–Crippen LogP) is 5.27. The molecule has 0 radical (unpaired) electrons. The Morgan fingerprint density at radius 1 is 0.955 bits per heavy atom. The van der Waals surface area contributed by atoms with E-state index in [1.165, 1.54) is 12.1 Å². The molecule has 0 fully saturated rings. The van der Waals surface area contributed by atoms with Gasteiger partial charge in [0.1, 0.15) is 15.1 Å². The van der Waals surface area contributed by atoms with Gasteiger partial charge in [0.15, 0.2) is 0 Å². The first-order chi connectivity index (χ1) is 10.1. The van der Waals surface area contributed by atoms with E-state index in [0.29, 0.717) is 0 Å². The molecule has 0 aliphatic heterocycles. The average Bonchev–Trinajstić information content (AvgIpc) is 2.35. The number of hydrogen-bond acceptors (Lipinski definition) is 2. The quantitative estimate of drug-likeness (QED) is 0.366. The summed E-state index contributed by atoms with van der Waals surface area (Å²) in [5.41, 5.74) is -0.517. The summed E-state index contributed by atoms with van der Waals surface area (Å²) in [6.07, 6.45) is -9.43. The molecule has 1 aromatic carbocycles. The van der Waals surface area contributed by atoms with Gasteiger partial charge in [0.05, 0.1) is 0 Å². The van der Waals surface area contributed by atoms with Crippen LogP contribution in [0.4, 0.5) is 26.3 Å². The van der Waals surface area contributed by atoms with Gasteiger partial charge in [-0.15, -0.1) is 13.2 Å². The van der Waals surface area contributed by atoms with Crippen LogP contribution in [-0.4, -0.2) is 11.3 Å². The zero-order chi connectivity index (χ0) is 16.5.